The molecule has 0 bridgehead atoms. The van der Waals surface area contributed by atoms with E-state index in [1.54, 1.807) is 6.07 Å². The fourth-order valence-corrected chi connectivity index (χ4v) is 2.68. The molecule has 1 saturated heterocycles. The van der Waals surface area contributed by atoms with Crippen LogP contribution in [0.2, 0.25) is 0 Å². The number of nitrogens with one attached hydrogen (secondary N) is 1. The van der Waals surface area contributed by atoms with Crippen LogP contribution in [0.1, 0.15) is 31.9 Å². The summed E-state index contributed by atoms with van der Waals surface area (Å²) in [5, 5.41) is 13.5. The molecule has 1 aliphatic rings. The lowest BCUT2D eigenvalue weighted by molar-refractivity contribution is 0.151. The van der Waals surface area contributed by atoms with Gasteiger partial charge >= 0.3 is 0 Å². The van der Waals surface area contributed by atoms with Gasteiger partial charge in [0.2, 0.25) is 0 Å². The number of piperazine rings is 1. The van der Waals surface area contributed by atoms with Gasteiger partial charge in [-0.3, -0.25) is 4.90 Å². The molecular formula is C15H26Cl2N2O. The van der Waals surface area contributed by atoms with Gasteiger partial charge in [0.15, 0.2) is 0 Å². The third-order valence-electron chi connectivity index (χ3n) is 3.58. The van der Waals surface area contributed by atoms with Crippen LogP contribution in [0, 0.1) is 5.92 Å². The lowest BCUT2D eigenvalue weighted by atomic mass is 9.94. The Kier molecular flexibility index (Phi) is 9.23. The van der Waals surface area contributed by atoms with Crippen molar-refractivity contribution in [2.45, 2.75) is 26.3 Å². The summed E-state index contributed by atoms with van der Waals surface area (Å²) < 4.78 is 0. The summed E-state index contributed by atoms with van der Waals surface area (Å²) in [7, 11) is 0. The van der Waals surface area contributed by atoms with Crippen molar-refractivity contribution in [1.29, 1.82) is 0 Å². The number of hydrogen-bond acceptors (Lipinski definition) is 3. The monoisotopic (exact) mass is 320 g/mol. The van der Waals surface area contributed by atoms with Gasteiger partial charge < -0.3 is 10.4 Å². The summed E-state index contributed by atoms with van der Waals surface area (Å²) in [6, 6.07) is 8.11. The molecule has 0 radical (unpaired) electrons. The van der Waals surface area contributed by atoms with E-state index in [0.717, 1.165) is 38.2 Å². The van der Waals surface area contributed by atoms with Crippen molar-refractivity contribution in [1.82, 2.24) is 10.2 Å². The van der Waals surface area contributed by atoms with Gasteiger partial charge in [0, 0.05) is 37.8 Å². The van der Waals surface area contributed by atoms with Crippen molar-refractivity contribution < 1.29 is 5.11 Å². The Hall–Kier alpha value is -0.480. The number of benzene rings is 1. The second-order valence-electron chi connectivity index (χ2n) is 5.49. The van der Waals surface area contributed by atoms with Crippen molar-refractivity contribution in [3.8, 4) is 5.75 Å². The minimum absolute atomic E-state index is 0. The Balaban J connectivity index is 0.00000180. The number of hydrogen-bond donors (Lipinski definition) is 2. The average Bonchev–Trinajstić information content (AvgIpc) is 2.38. The van der Waals surface area contributed by atoms with Crippen molar-refractivity contribution in [2.24, 2.45) is 5.92 Å². The maximum atomic E-state index is 10.1. The molecule has 1 fully saturated rings. The van der Waals surface area contributed by atoms with Crippen LogP contribution in [-0.2, 0) is 0 Å². The predicted octanol–water partition coefficient (Wildman–Crippen LogP) is 3.23. The van der Waals surface area contributed by atoms with Gasteiger partial charge in [-0.15, -0.1) is 24.8 Å². The second-order valence-corrected chi connectivity index (χ2v) is 5.49. The molecule has 116 valence electrons. The molecule has 0 spiro atoms. The molecule has 2 N–H and O–H groups in total. The third-order valence-corrected chi connectivity index (χ3v) is 3.58. The van der Waals surface area contributed by atoms with Gasteiger partial charge in [-0.1, -0.05) is 32.0 Å². The lowest BCUT2D eigenvalue weighted by Crippen LogP contribution is -2.45. The van der Waals surface area contributed by atoms with Gasteiger partial charge in [0.1, 0.15) is 5.75 Å². The van der Waals surface area contributed by atoms with Crippen molar-refractivity contribution >= 4 is 24.8 Å². The number of halogens is 2. The zero-order chi connectivity index (χ0) is 13.0. The predicted molar refractivity (Wildman–Crippen MR) is 89.2 cm³/mol. The van der Waals surface area contributed by atoms with E-state index < -0.39 is 0 Å². The maximum absolute atomic E-state index is 10.1. The van der Waals surface area contributed by atoms with Crippen molar-refractivity contribution in [3.63, 3.8) is 0 Å². The first kappa shape index (κ1) is 19.5. The maximum Gasteiger partial charge on any atom is 0.120 e. The zero-order valence-corrected chi connectivity index (χ0v) is 13.8. The molecule has 20 heavy (non-hydrogen) atoms. The van der Waals surface area contributed by atoms with Crippen LogP contribution in [-0.4, -0.2) is 36.2 Å². The van der Waals surface area contributed by atoms with E-state index in [2.05, 4.69) is 30.1 Å². The molecule has 0 unspecified atom stereocenters. The Morgan fingerprint density at radius 1 is 1.15 bits per heavy atom. The smallest absolute Gasteiger partial charge is 0.120 e. The van der Waals surface area contributed by atoms with Crippen LogP contribution in [0.5, 0.6) is 5.75 Å². The SMILES string of the molecule is CC(C)C[C@H](c1ccccc1O)N1CCNCC1.Cl.Cl. The van der Waals surface area contributed by atoms with E-state index in [-0.39, 0.29) is 24.8 Å². The summed E-state index contributed by atoms with van der Waals surface area (Å²) in [6.07, 6.45) is 1.09. The van der Waals surface area contributed by atoms with E-state index in [1.165, 1.54) is 0 Å². The minimum atomic E-state index is 0. The zero-order valence-electron chi connectivity index (χ0n) is 12.2. The summed E-state index contributed by atoms with van der Waals surface area (Å²) >= 11 is 0. The van der Waals surface area contributed by atoms with Crippen LogP contribution >= 0.6 is 24.8 Å². The van der Waals surface area contributed by atoms with Crippen LogP contribution in [0.15, 0.2) is 24.3 Å². The molecular weight excluding hydrogens is 295 g/mol. The molecule has 0 aliphatic carbocycles. The van der Waals surface area contributed by atoms with Crippen molar-refractivity contribution in [2.75, 3.05) is 26.2 Å². The quantitative estimate of drug-likeness (QED) is 0.894. The molecule has 5 heteroatoms. The largest absolute Gasteiger partial charge is 0.508 e. The second kappa shape index (κ2) is 9.46. The van der Waals surface area contributed by atoms with Gasteiger partial charge in [-0.2, -0.15) is 0 Å². The molecule has 1 atom stereocenters. The number of phenols is 1. The first-order valence-corrected chi connectivity index (χ1v) is 6.91. The van der Waals surface area contributed by atoms with E-state index in [9.17, 15) is 5.11 Å². The van der Waals surface area contributed by atoms with Crippen LogP contribution in [0.4, 0.5) is 0 Å². The standard InChI is InChI=1S/C15H24N2O.2ClH/c1-12(2)11-14(17-9-7-16-8-10-17)13-5-3-4-6-15(13)18;;/h3-6,12,14,16,18H,7-11H2,1-2H3;2*1H/t14-;;/m1../s1. The molecule has 0 saturated carbocycles. The minimum Gasteiger partial charge on any atom is -0.508 e. The van der Waals surface area contributed by atoms with E-state index in [0.29, 0.717) is 17.7 Å². The van der Waals surface area contributed by atoms with Gasteiger partial charge in [-0.25, -0.2) is 0 Å². The lowest BCUT2D eigenvalue weighted by Gasteiger charge is -2.36. The Morgan fingerprint density at radius 2 is 1.75 bits per heavy atom. The highest BCUT2D eigenvalue weighted by Crippen LogP contribution is 2.33. The van der Waals surface area contributed by atoms with Crippen molar-refractivity contribution in [3.05, 3.63) is 29.8 Å². The molecule has 2 rings (SSSR count). The molecule has 1 heterocycles. The number of nitrogens with zero attached hydrogens (tertiary/aromatic N) is 1. The van der Waals surface area contributed by atoms with Crippen LogP contribution in [0.3, 0.4) is 0 Å². The first-order chi connectivity index (χ1) is 8.68. The molecule has 1 aliphatic heterocycles. The van der Waals surface area contributed by atoms with Gasteiger partial charge in [-0.05, 0) is 18.4 Å². The summed E-state index contributed by atoms with van der Waals surface area (Å²) in [5.74, 6) is 1.06. The Labute approximate surface area is 134 Å². The Bertz CT molecular complexity index is 382. The summed E-state index contributed by atoms with van der Waals surface area (Å²) in [6.45, 7) is 8.70. The highest BCUT2D eigenvalue weighted by molar-refractivity contribution is 5.85. The summed E-state index contributed by atoms with van der Waals surface area (Å²) in [5.41, 5.74) is 1.08. The average molecular weight is 321 g/mol. The fraction of sp³-hybridized carbons (Fsp3) is 0.600. The van der Waals surface area contributed by atoms with E-state index in [4.69, 9.17) is 0 Å². The summed E-state index contributed by atoms with van der Waals surface area (Å²) in [4.78, 5) is 2.49. The highest BCUT2D eigenvalue weighted by atomic mass is 35.5. The number of phenolic OH excluding ortho intramolecular Hbond substituents is 1. The first-order valence-electron chi connectivity index (χ1n) is 6.91. The number of rotatable bonds is 4. The molecule has 3 nitrogen and oxygen atoms in total. The number of aromatic hydroxyl groups is 1. The Morgan fingerprint density at radius 3 is 2.30 bits per heavy atom. The van der Waals surface area contributed by atoms with Crippen LogP contribution in [0.25, 0.3) is 0 Å². The van der Waals surface area contributed by atoms with E-state index in [1.807, 2.05) is 12.1 Å². The molecule has 0 aromatic heterocycles. The fourth-order valence-electron chi connectivity index (χ4n) is 2.68. The van der Waals surface area contributed by atoms with Gasteiger partial charge in [0.05, 0.1) is 0 Å². The molecule has 1 aromatic carbocycles. The highest BCUT2D eigenvalue weighted by Gasteiger charge is 2.24. The van der Waals surface area contributed by atoms with E-state index >= 15 is 0 Å². The number of para-hydroxylation sites is 1. The third kappa shape index (κ3) is 5.13. The normalized spacial score (nSPS) is 17.1. The van der Waals surface area contributed by atoms with Crippen LogP contribution < -0.4 is 5.32 Å². The van der Waals surface area contributed by atoms with Gasteiger partial charge in [0.25, 0.3) is 0 Å². The topological polar surface area (TPSA) is 35.5 Å². The molecule has 1 aromatic rings. The molecule has 0 amide bonds.